The van der Waals surface area contributed by atoms with Crippen LogP contribution < -0.4 is 10.6 Å². The quantitative estimate of drug-likeness (QED) is 0.209. The van der Waals surface area contributed by atoms with Gasteiger partial charge in [0.1, 0.15) is 5.82 Å². The maximum atomic E-state index is 4.71. The van der Waals surface area contributed by atoms with Gasteiger partial charge < -0.3 is 10.6 Å². The number of hydrogen-bond acceptors (Lipinski definition) is 6. The van der Waals surface area contributed by atoms with Crippen LogP contribution >= 0.6 is 12.6 Å². The summed E-state index contributed by atoms with van der Waals surface area (Å²) in [5.41, 5.74) is 3.55. The summed E-state index contributed by atoms with van der Waals surface area (Å²) >= 11 is 4.68. The third-order valence-corrected chi connectivity index (χ3v) is 5.42. The summed E-state index contributed by atoms with van der Waals surface area (Å²) in [7, 11) is 0. The lowest BCUT2D eigenvalue weighted by Crippen LogP contribution is -2.04. The second kappa shape index (κ2) is 10.2. The zero-order valence-corrected chi connectivity index (χ0v) is 19.7. The molecule has 0 aliphatic heterocycles. The largest absolute Gasteiger partial charge is 0.339 e. The number of hydrogen-bond donors (Lipinski definition) is 4. The van der Waals surface area contributed by atoms with Crippen molar-refractivity contribution in [1.29, 1.82) is 0 Å². The number of aromatic nitrogens is 4. The van der Waals surface area contributed by atoms with Crippen molar-refractivity contribution < 1.29 is 0 Å². The van der Waals surface area contributed by atoms with Gasteiger partial charge in [-0.25, -0.2) is 4.98 Å². The van der Waals surface area contributed by atoms with E-state index in [0.717, 1.165) is 38.7 Å². The summed E-state index contributed by atoms with van der Waals surface area (Å²) in [6, 6.07) is 20.3. The molecule has 6 nitrogen and oxygen atoms in total. The number of rotatable bonds is 5. The van der Waals surface area contributed by atoms with Crippen LogP contribution in [0.25, 0.3) is 27.8 Å². The summed E-state index contributed by atoms with van der Waals surface area (Å²) in [4.78, 5) is 10.1. The van der Waals surface area contributed by atoms with Gasteiger partial charge in [-0.2, -0.15) is 10.1 Å². The highest BCUT2D eigenvalue weighted by atomic mass is 32.1. The molecule has 166 valence electrons. The van der Waals surface area contributed by atoms with Crippen molar-refractivity contribution in [1.82, 2.24) is 20.2 Å². The molecule has 5 rings (SSSR count). The molecule has 0 aliphatic rings. The fraction of sp³-hybridized carbons (Fsp3) is 0.115. The Bertz CT molecular complexity index is 1420. The van der Waals surface area contributed by atoms with E-state index in [9.17, 15) is 0 Å². The molecule has 2 aromatic heterocycles. The van der Waals surface area contributed by atoms with Gasteiger partial charge in [0.2, 0.25) is 5.95 Å². The molecule has 0 atom stereocenters. The molecule has 0 bridgehead atoms. The van der Waals surface area contributed by atoms with Gasteiger partial charge in [0.05, 0.1) is 22.3 Å². The highest BCUT2D eigenvalue weighted by Gasteiger charge is 2.12. The van der Waals surface area contributed by atoms with Crippen molar-refractivity contribution >= 4 is 63.5 Å². The highest BCUT2D eigenvalue weighted by Crippen LogP contribution is 2.30. The van der Waals surface area contributed by atoms with Gasteiger partial charge in [-0.1, -0.05) is 56.3 Å². The Morgan fingerprint density at radius 1 is 0.909 bits per heavy atom. The lowest BCUT2D eigenvalue weighted by molar-refractivity contribution is 1.09. The fourth-order valence-corrected chi connectivity index (χ4v) is 3.73. The number of nitrogens with one attached hydrogen (secondary N) is 3. The van der Waals surface area contributed by atoms with Gasteiger partial charge in [-0.3, -0.25) is 5.10 Å². The number of nitrogens with zero attached hydrogens (tertiary/aromatic N) is 3. The molecular formula is C26H26N6S. The zero-order chi connectivity index (χ0) is 23.2. The average Bonchev–Trinajstić information content (AvgIpc) is 3.32. The van der Waals surface area contributed by atoms with Gasteiger partial charge in [0.25, 0.3) is 0 Å². The van der Waals surface area contributed by atoms with Crippen LogP contribution in [0.3, 0.4) is 0 Å². The van der Waals surface area contributed by atoms with E-state index >= 15 is 0 Å². The number of allylic oxidation sites excluding steroid dienone is 1. The van der Waals surface area contributed by atoms with Crippen LogP contribution in [0.4, 0.5) is 23.1 Å². The monoisotopic (exact) mass is 454 g/mol. The van der Waals surface area contributed by atoms with Crippen LogP contribution in [0.2, 0.25) is 0 Å². The summed E-state index contributed by atoms with van der Waals surface area (Å²) < 4.78 is 0. The third-order valence-electron chi connectivity index (χ3n) is 4.97. The predicted octanol–water partition coefficient (Wildman–Crippen LogP) is 7.34. The fourth-order valence-electron chi connectivity index (χ4n) is 3.50. The Morgan fingerprint density at radius 3 is 2.58 bits per heavy atom. The number of aromatic amines is 1. The minimum Gasteiger partial charge on any atom is -0.339 e. The number of anilines is 4. The minimum absolute atomic E-state index is 0.495. The van der Waals surface area contributed by atoms with Crippen molar-refractivity contribution in [2.24, 2.45) is 0 Å². The number of H-pyrrole nitrogens is 1. The molecular weight excluding hydrogens is 428 g/mol. The molecule has 0 radical (unpaired) electrons. The number of thiol groups is 1. The maximum Gasteiger partial charge on any atom is 0.229 e. The van der Waals surface area contributed by atoms with Gasteiger partial charge in [0.15, 0.2) is 0 Å². The van der Waals surface area contributed by atoms with Gasteiger partial charge in [-0.05, 0) is 42.7 Å². The first kappa shape index (κ1) is 22.4. The molecule has 0 fully saturated rings. The van der Waals surface area contributed by atoms with Crippen molar-refractivity contribution in [3.63, 3.8) is 0 Å². The van der Waals surface area contributed by atoms with E-state index in [4.69, 9.17) is 4.98 Å². The van der Waals surface area contributed by atoms with Crippen LogP contribution in [0, 0.1) is 0 Å². The Labute approximate surface area is 198 Å². The topological polar surface area (TPSA) is 78.5 Å². The van der Waals surface area contributed by atoms with E-state index in [-0.39, 0.29) is 0 Å². The Morgan fingerprint density at radius 2 is 1.73 bits per heavy atom. The molecule has 0 saturated heterocycles. The van der Waals surface area contributed by atoms with Crippen molar-refractivity contribution in [2.75, 3.05) is 10.6 Å². The first-order chi connectivity index (χ1) is 16.2. The molecule has 3 N–H and O–H groups in total. The van der Waals surface area contributed by atoms with E-state index in [1.54, 1.807) is 6.20 Å². The van der Waals surface area contributed by atoms with Crippen molar-refractivity contribution in [3.05, 3.63) is 78.6 Å². The number of fused-ring (bicyclic) bond motifs is 2. The van der Waals surface area contributed by atoms with Gasteiger partial charge >= 0.3 is 0 Å². The molecule has 3 aromatic carbocycles. The lowest BCUT2D eigenvalue weighted by atomic mass is 10.1. The molecule has 0 saturated carbocycles. The van der Waals surface area contributed by atoms with E-state index in [1.807, 2.05) is 75.4 Å². The summed E-state index contributed by atoms with van der Waals surface area (Å²) in [5, 5.41) is 17.1. The van der Waals surface area contributed by atoms with E-state index in [1.165, 1.54) is 0 Å². The Hall–Kier alpha value is -3.84. The highest BCUT2D eigenvalue weighted by molar-refractivity contribution is 7.80. The van der Waals surface area contributed by atoms with Gasteiger partial charge in [-0.15, -0.1) is 12.6 Å². The lowest BCUT2D eigenvalue weighted by Gasteiger charge is -2.14. The van der Waals surface area contributed by atoms with Crippen LogP contribution in [-0.4, -0.2) is 20.2 Å². The average molecular weight is 455 g/mol. The van der Waals surface area contributed by atoms with E-state index in [0.29, 0.717) is 16.7 Å². The standard InChI is InChI=1S/C24H20N6S.C2H6/c1-2-6-21-22(31)23(26-17-11-12-19-16(13-17)14-25-30-19)29-24(28-21)27-20-10-5-8-15-7-3-4-9-18(15)20;1-2/h2-14,31H,1H3,(H,25,30)(H2,26,27,28,29);1-2H3/b6-2-;. The normalized spacial score (nSPS) is 10.9. The molecule has 2 heterocycles. The SMILES string of the molecule is C/C=C\c1nc(Nc2cccc3ccccc23)nc(Nc2ccc3[nH]ncc3c2)c1S.CC. The van der Waals surface area contributed by atoms with Crippen molar-refractivity contribution in [2.45, 2.75) is 25.7 Å². The second-order valence-electron chi connectivity index (χ2n) is 7.08. The van der Waals surface area contributed by atoms with Crippen LogP contribution in [0.5, 0.6) is 0 Å². The van der Waals surface area contributed by atoms with E-state index < -0.39 is 0 Å². The van der Waals surface area contributed by atoms with Crippen LogP contribution in [-0.2, 0) is 0 Å². The number of benzene rings is 3. The molecule has 7 heteroatoms. The predicted molar refractivity (Wildman–Crippen MR) is 142 cm³/mol. The smallest absolute Gasteiger partial charge is 0.229 e. The summed E-state index contributed by atoms with van der Waals surface area (Å²) in [6.07, 6.45) is 5.65. The summed E-state index contributed by atoms with van der Waals surface area (Å²) in [5.74, 6) is 1.12. The molecule has 5 aromatic rings. The molecule has 33 heavy (non-hydrogen) atoms. The molecule has 0 spiro atoms. The van der Waals surface area contributed by atoms with Crippen LogP contribution in [0.1, 0.15) is 26.5 Å². The molecule has 0 aliphatic carbocycles. The van der Waals surface area contributed by atoms with E-state index in [2.05, 4.69) is 56.6 Å². The first-order valence-electron chi connectivity index (χ1n) is 10.9. The third kappa shape index (κ3) is 4.83. The van der Waals surface area contributed by atoms with Gasteiger partial charge in [0, 0.05) is 22.1 Å². The zero-order valence-electron chi connectivity index (χ0n) is 18.8. The van der Waals surface area contributed by atoms with Crippen LogP contribution in [0.15, 0.2) is 77.8 Å². The van der Waals surface area contributed by atoms with Crippen molar-refractivity contribution in [3.8, 4) is 0 Å². The second-order valence-corrected chi connectivity index (χ2v) is 7.53. The maximum absolute atomic E-state index is 4.71. The Kier molecular flexibility index (Phi) is 6.90. The Balaban J connectivity index is 0.00000126. The first-order valence-corrected chi connectivity index (χ1v) is 11.3. The minimum atomic E-state index is 0.495. The molecule has 0 amide bonds. The molecule has 0 unspecified atom stereocenters. The summed E-state index contributed by atoms with van der Waals surface area (Å²) in [6.45, 7) is 5.95.